The number of hydrogen-bond donors (Lipinski definition) is 1. The van der Waals surface area contributed by atoms with Crippen LogP contribution in [-0.4, -0.2) is 69.3 Å². The van der Waals surface area contributed by atoms with Crippen LogP contribution in [0.25, 0.3) is 0 Å². The zero-order valence-corrected chi connectivity index (χ0v) is 25.3. The number of carbonyl (C=O) groups is 2. The number of amides is 2. The van der Waals surface area contributed by atoms with Crippen LogP contribution in [0.2, 0.25) is 0 Å². The molecule has 0 radical (unpaired) electrons. The molecular formula is C32H40N4O5S. The molecule has 0 aromatic heterocycles. The number of ether oxygens (including phenoxy) is 1. The lowest BCUT2D eigenvalue weighted by molar-refractivity contribution is -0.140. The highest BCUT2D eigenvalue weighted by Crippen LogP contribution is 2.24. The van der Waals surface area contributed by atoms with E-state index in [1.54, 1.807) is 37.4 Å². The SMILES string of the molecule is COc1cccc(CN(C(=O)CN(c2ccccc2)S(=O)(=O)N(C)C)C(Cc2ccccc2)C(=O)NC2CCCC2)c1. The van der Waals surface area contributed by atoms with Gasteiger partial charge in [-0.25, -0.2) is 4.31 Å². The lowest BCUT2D eigenvalue weighted by Gasteiger charge is -2.35. The summed E-state index contributed by atoms with van der Waals surface area (Å²) in [7, 11) is 0.395. The summed E-state index contributed by atoms with van der Waals surface area (Å²) in [4.78, 5) is 29.8. The Morgan fingerprint density at radius 2 is 1.52 bits per heavy atom. The van der Waals surface area contributed by atoms with Crippen LogP contribution in [0.15, 0.2) is 84.9 Å². The smallest absolute Gasteiger partial charge is 0.304 e. The molecule has 3 aromatic carbocycles. The first-order chi connectivity index (χ1) is 20.2. The van der Waals surface area contributed by atoms with Crippen molar-refractivity contribution in [3.63, 3.8) is 0 Å². The third-order valence-corrected chi connectivity index (χ3v) is 9.34. The molecule has 1 N–H and O–H groups in total. The number of carbonyl (C=O) groups excluding carboxylic acids is 2. The van der Waals surface area contributed by atoms with Gasteiger partial charge >= 0.3 is 10.2 Å². The van der Waals surface area contributed by atoms with Crippen molar-refractivity contribution in [2.45, 2.75) is 50.7 Å². The highest BCUT2D eigenvalue weighted by molar-refractivity contribution is 7.90. The predicted molar refractivity (Wildman–Crippen MR) is 164 cm³/mol. The van der Waals surface area contributed by atoms with Gasteiger partial charge in [0.15, 0.2) is 0 Å². The monoisotopic (exact) mass is 592 g/mol. The van der Waals surface area contributed by atoms with Crippen molar-refractivity contribution >= 4 is 27.7 Å². The molecule has 9 nitrogen and oxygen atoms in total. The van der Waals surface area contributed by atoms with E-state index < -0.39 is 28.7 Å². The molecule has 4 rings (SSSR count). The number of methoxy groups -OCH3 is 1. The fourth-order valence-corrected chi connectivity index (χ4v) is 6.26. The Labute approximate surface area is 249 Å². The van der Waals surface area contributed by atoms with E-state index in [2.05, 4.69) is 5.32 Å². The van der Waals surface area contributed by atoms with Crippen LogP contribution < -0.4 is 14.4 Å². The predicted octanol–water partition coefficient (Wildman–Crippen LogP) is 4.01. The average molecular weight is 593 g/mol. The standard InChI is InChI=1S/C32H40N4O5S/c1-34(2)42(39,40)36(28-18-8-5-9-19-28)24-31(37)35(23-26-15-12-20-29(21-26)41-3)30(22-25-13-6-4-7-14-25)32(38)33-27-16-10-11-17-27/h4-9,12-15,18-21,27,30H,10-11,16-17,22-24H2,1-3H3,(H,33,38). The first-order valence-electron chi connectivity index (χ1n) is 14.2. The number of anilines is 1. The van der Waals surface area contributed by atoms with Gasteiger partial charge in [0.2, 0.25) is 11.8 Å². The molecule has 3 aromatic rings. The van der Waals surface area contributed by atoms with Gasteiger partial charge in [-0.2, -0.15) is 12.7 Å². The van der Waals surface area contributed by atoms with Crippen molar-refractivity contribution in [1.82, 2.24) is 14.5 Å². The topological polar surface area (TPSA) is 99.3 Å². The van der Waals surface area contributed by atoms with E-state index in [9.17, 15) is 18.0 Å². The van der Waals surface area contributed by atoms with E-state index >= 15 is 0 Å². The van der Waals surface area contributed by atoms with Crippen LogP contribution in [0.4, 0.5) is 5.69 Å². The lowest BCUT2D eigenvalue weighted by Crippen LogP contribution is -2.55. The zero-order chi connectivity index (χ0) is 30.1. The molecule has 2 amide bonds. The van der Waals surface area contributed by atoms with Crippen molar-refractivity contribution in [2.75, 3.05) is 32.1 Å². The summed E-state index contributed by atoms with van der Waals surface area (Å²) in [5.41, 5.74) is 2.01. The maximum Gasteiger partial charge on any atom is 0.304 e. The lowest BCUT2D eigenvalue weighted by atomic mass is 10.0. The van der Waals surface area contributed by atoms with Crippen LogP contribution in [0.3, 0.4) is 0 Å². The Kier molecular flexibility index (Phi) is 10.6. The summed E-state index contributed by atoms with van der Waals surface area (Å²) >= 11 is 0. The molecular weight excluding hydrogens is 552 g/mol. The normalized spacial score (nSPS) is 14.4. The molecule has 1 aliphatic carbocycles. The first kappa shape index (κ1) is 31.1. The minimum atomic E-state index is -4.03. The van der Waals surface area contributed by atoms with Gasteiger partial charge in [0.25, 0.3) is 0 Å². The average Bonchev–Trinajstić information content (AvgIpc) is 3.51. The molecule has 1 atom stereocenters. The van der Waals surface area contributed by atoms with Gasteiger partial charge in [-0.15, -0.1) is 0 Å². The van der Waals surface area contributed by atoms with Gasteiger partial charge in [-0.05, 0) is 48.2 Å². The van der Waals surface area contributed by atoms with E-state index in [0.29, 0.717) is 11.4 Å². The minimum Gasteiger partial charge on any atom is -0.497 e. The zero-order valence-electron chi connectivity index (χ0n) is 24.5. The highest BCUT2D eigenvalue weighted by atomic mass is 32.2. The van der Waals surface area contributed by atoms with Gasteiger partial charge in [0.1, 0.15) is 18.3 Å². The molecule has 0 heterocycles. The summed E-state index contributed by atoms with van der Waals surface area (Å²) in [6, 6.07) is 24.6. The summed E-state index contributed by atoms with van der Waals surface area (Å²) in [5, 5.41) is 3.18. The van der Waals surface area contributed by atoms with Crippen molar-refractivity contribution in [2.24, 2.45) is 0 Å². The maximum absolute atomic E-state index is 14.3. The summed E-state index contributed by atoms with van der Waals surface area (Å²) in [5.74, 6) is -0.116. The number of nitrogens with one attached hydrogen (secondary N) is 1. The van der Waals surface area contributed by atoms with Gasteiger partial charge in [0.05, 0.1) is 12.8 Å². The molecule has 1 saturated carbocycles. The third-order valence-electron chi connectivity index (χ3n) is 7.52. The summed E-state index contributed by atoms with van der Waals surface area (Å²) < 4.78 is 34.5. The Bertz CT molecular complexity index is 1430. The van der Waals surface area contributed by atoms with E-state index in [1.807, 2.05) is 54.6 Å². The Morgan fingerprint density at radius 3 is 2.14 bits per heavy atom. The van der Waals surface area contributed by atoms with Crippen LogP contribution in [0.1, 0.15) is 36.8 Å². The van der Waals surface area contributed by atoms with E-state index in [1.165, 1.54) is 19.0 Å². The number of hydrogen-bond acceptors (Lipinski definition) is 5. The van der Waals surface area contributed by atoms with Crippen molar-refractivity contribution in [3.8, 4) is 5.75 Å². The molecule has 1 aliphatic rings. The molecule has 0 saturated heterocycles. The molecule has 224 valence electrons. The fraction of sp³-hybridized carbons (Fsp3) is 0.375. The van der Waals surface area contributed by atoms with Crippen LogP contribution >= 0.6 is 0 Å². The van der Waals surface area contributed by atoms with Crippen LogP contribution in [-0.2, 0) is 32.8 Å². The van der Waals surface area contributed by atoms with E-state index in [-0.39, 0.29) is 24.9 Å². The van der Waals surface area contributed by atoms with Gasteiger partial charge < -0.3 is 15.0 Å². The highest BCUT2D eigenvalue weighted by Gasteiger charge is 2.35. The number of rotatable bonds is 13. The van der Waals surface area contributed by atoms with Crippen molar-refractivity contribution in [3.05, 3.63) is 96.1 Å². The largest absolute Gasteiger partial charge is 0.497 e. The fourth-order valence-electron chi connectivity index (χ4n) is 5.20. The maximum atomic E-state index is 14.3. The van der Waals surface area contributed by atoms with Gasteiger partial charge in [0, 0.05) is 33.1 Å². The Morgan fingerprint density at radius 1 is 0.905 bits per heavy atom. The van der Waals surface area contributed by atoms with E-state index in [0.717, 1.165) is 45.4 Å². The molecule has 42 heavy (non-hydrogen) atoms. The number of para-hydroxylation sites is 1. The van der Waals surface area contributed by atoms with Gasteiger partial charge in [-0.1, -0.05) is 73.5 Å². The second-order valence-electron chi connectivity index (χ2n) is 10.7. The van der Waals surface area contributed by atoms with Crippen molar-refractivity contribution < 1.29 is 22.7 Å². The van der Waals surface area contributed by atoms with E-state index in [4.69, 9.17) is 4.74 Å². The number of benzene rings is 3. The quantitative estimate of drug-likeness (QED) is 0.324. The molecule has 0 spiro atoms. The second-order valence-corrected chi connectivity index (χ2v) is 12.8. The second kappa shape index (κ2) is 14.3. The first-order valence-corrected chi connectivity index (χ1v) is 15.6. The molecule has 10 heteroatoms. The summed E-state index contributed by atoms with van der Waals surface area (Å²) in [6.07, 6.45) is 4.18. The van der Waals surface area contributed by atoms with Crippen LogP contribution in [0, 0.1) is 0 Å². The molecule has 0 bridgehead atoms. The molecule has 1 fully saturated rings. The Hall–Kier alpha value is -3.89. The molecule has 0 aliphatic heterocycles. The van der Waals surface area contributed by atoms with Crippen LogP contribution in [0.5, 0.6) is 5.75 Å². The van der Waals surface area contributed by atoms with Gasteiger partial charge in [-0.3, -0.25) is 9.59 Å². The molecule has 1 unspecified atom stereocenters. The minimum absolute atomic E-state index is 0.0551. The van der Waals surface area contributed by atoms with Crippen molar-refractivity contribution in [1.29, 1.82) is 0 Å². The summed E-state index contributed by atoms with van der Waals surface area (Å²) in [6.45, 7) is -0.382. The Balaban J connectivity index is 1.75. The third kappa shape index (κ3) is 7.89. The number of nitrogens with zero attached hydrogens (tertiary/aromatic N) is 3.